The van der Waals surface area contributed by atoms with Crippen LogP contribution in [0.3, 0.4) is 0 Å². The van der Waals surface area contributed by atoms with Gasteiger partial charge >= 0.3 is 0 Å². The predicted octanol–water partition coefficient (Wildman–Crippen LogP) is 2.40. The summed E-state index contributed by atoms with van der Waals surface area (Å²) < 4.78 is 10.7. The van der Waals surface area contributed by atoms with Gasteiger partial charge in [0.05, 0.1) is 14.2 Å². The van der Waals surface area contributed by atoms with Gasteiger partial charge in [-0.1, -0.05) is 6.07 Å². The van der Waals surface area contributed by atoms with E-state index in [0.717, 1.165) is 88.8 Å². The van der Waals surface area contributed by atoms with Crippen LogP contribution in [-0.4, -0.2) is 70.3 Å². The van der Waals surface area contributed by atoms with Crippen molar-refractivity contribution in [2.75, 3.05) is 53.5 Å². The first-order chi connectivity index (χ1) is 15.1. The van der Waals surface area contributed by atoms with E-state index in [1.54, 1.807) is 14.2 Å². The SMILES string of the molecule is CCNC(=NCCCCN1CCC(C(N)=O)CC1)NCCc1ccc(OC)c(OC)c1.I. The predicted molar refractivity (Wildman–Crippen MR) is 140 cm³/mol. The van der Waals surface area contributed by atoms with E-state index in [0.29, 0.717) is 0 Å². The average Bonchev–Trinajstić information content (AvgIpc) is 2.79. The van der Waals surface area contributed by atoms with E-state index >= 15 is 0 Å². The van der Waals surface area contributed by atoms with Crippen LogP contribution in [0.25, 0.3) is 0 Å². The molecule has 32 heavy (non-hydrogen) atoms. The second-order valence-electron chi connectivity index (χ2n) is 7.85. The smallest absolute Gasteiger partial charge is 0.220 e. The average molecular weight is 562 g/mol. The largest absolute Gasteiger partial charge is 0.493 e. The quantitative estimate of drug-likeness (QED) is 0.157. The summed E-state index contributed by atoms with van der Waals surface area (Å²) in [4.78, 5) is 18.4. The maximum atomic E-state index is 11.3. The molecule has 1 saturated heterocycles. The van der Waals surface area contributed by atoms with Crippen LogP contribution in [0.5, 0.6) is 11.5 Å². The first-order valence-corrected chi connectivity index (χ1v) is 11.3. The zero-order valence-electron chi connectivity index (χ0n) is 19.7. The van der Waals surface area contributed by atoms with Crippen molar-refractivity contribution >= 4 is 35.8 Å². The molecule has 0 spiro atoms. The van der Waals surface area contributed by atoms with Crippen molar-refractivity contribution in [1.29, 1.82) is 0 Å². The van der Waals surface area contributed by atoms with Gasteiger partial charge in [0.25, 0.3) is 0 Å². The molecule has 9 heteroatoms. The van der Waals surface area contributed by atoms with Crippen LogP contribution >= 0.6 is 24.0 Å². The number of hydrogen-bond donors (Lipinski definition) is 3. The summed E-state index contributed by atoms with van der Waals surface area (Å²) in [5.41, 5.74) is 6.58. The van der Waals surface area contributed by atoms with Gasteiger partial charge in [-0.05, 0) is 76.4 Å². The fourth-order valence-corrected chi connectivity index (χ4v) is 3.78. The number of likely N-dealkylation sites (tertiary alicyclic amines) is 1. The summed E-state index contributed by atoms with van der Waals surface area (Å²) >= 11 is 0. The van der Waals surface area contributed by atoms with Crippen LogP contribution in [0, 0.1) is 5.92 Å². The molecule has 1 fully saturated rings. The number of piperidine rings is 1. The van der Waals surface area contributed by atoms with Gasteiger partial charge in [0.1, 0.15) is 0 Å². The molecule has 0 aromatic heterocycles. The maximum absolute atomic E-state index is 11.3. The Balaban J connectivity index is 0.00000512. The molecule has 1 aliphatic rings. The van der Waals surface area contributed by atoms with Crippen molar-refractivity contribution in [3.8, 4) is 11.5 Å². The van der Waals surface area contributed by atoms with Gasteiger partial charge < -0.3 is 30.7 Å². The van der Waals surface area contributed by atoms with Crippen molar-refractivity contribution in [3.05, 3.63) is 23.8 Å². The first kappa shape index (κ1) is 28.3. The van der Waals surface area contributed by atoms with Crippen LogP contribution in [-0.2, 0) is 11.2 Å². The summed E-state index contributed by atoms with van der Waals surface area (Å²) in [6.07, 6.45) is 4.80. The standard InChI is InChI=1S/C23H39N5O3.HI/c1-4-25-23(27-13-9-18-7-8-20(30-2)21(17-18)31-3)26-12-5-6-14-28-15-10-19(11-16-28)22(24)29;/h7-8,17,19H,4-6,9-16H2,1-3H3,(H2,24,29)(H2,25,26,27);1H. The highest BCUT2D eigenvalue weighted by molar-refractivity contribution is 14.0. The van der Waals surface area contributed by atoms with Crippen molar-refractivity contribution in [2.45, 2.75) is 39.0 Å². The number of benzene rings is 1. The van der Waals surface area contributed by atoms with Gasteiger partial charge in [-0.3, -0.25) is 9.79 Å². The Morgan fingerprint density at radius 1 is 1.16 bits per heavy atom. The Labute approximate surface area is 209 Å². The Morgan fingerprint density at radius 2 is 1.88 bits per heavy atom. The number of nitrogens with one attached hydrogen (secondary N) is 2. The molecule has 0 unspecified atom stereocenters. The first-order valence-electron chi connectivity index (χ1n) is 11.3. The molecule has 2 rings (SSSR count). The van der Waals surface area contributed by atoms with Crippen LogP contribution in [0.15, 0.2) is 23.2 Å². The molecule has 1 aromatic rings. The number of primary amides is 1. The van der Waals surface area contributed by atoms with Gasteiger partial charge in [0.15, 0.2) is 17.5 Å². The van der Waals surface area contributed by atoms with Crippen LogP contribution < -0.4 is 25.8 Å². The number of amides is 1. The normalized spacial score (nSPS) is 15.0. The summed E-state index contributed by atoms with van der Waals surface area (Å²) in [6, 6.07) is 6.00. The van der Waals surface area contributed by atoms with Gasteiger partial charge in [-0.25, -0.2) is 0 Å². The van der Waals surface area contributed by atoms with Gasteiger partial charge in [0, 0.05) is 25.6 Å². The van der Waals surface area contributed by atoms with E-state index in [1.165, 1.54) is 5.56 Å². The van der Waals surface area contributed by atoms with E-state index in [-0.39, 0.29) is 35.8 Å². The van der Waals surface area contributed by atoms with Crippen molar-refractivity contribution in [2.24, 2.45) is 16.6 Å². The number of carbonyl (C=O) groups is 1. The molecule has 8 nitrogen and oxygen atoms in total. The molecule has 0 radical (unpaired) electrons. The Morgan fingerprint density at radius 3 is 2.50 bits per heavy atom. The zero-order chi connectivity index (χ0) is 22.5. The number of halogens is 1. The Bertz CT molecular complexity index is 709. The molecule has 182 valence electrons. The Kier molecular flexibility index (Phi) is 14.1. The lowest BCUT2D eigenvalue weighted by atomic mass is 9.96. The Hall–Kier alpha value is -1.75. The third-order valence-corrected chi connectivity index (χ3v) is 5.64. The minimum Gasteiger partial charge on any atom is -0.493 e. The molecular weight excluding hydrogens is 521 g/mol. The van der Waals surface area contributed by atoms with Crippen molar-refractivity contribution in [3.63, 3.8) is 0 Å². The molecule has 0 atom stereocenters. The van der Waals surface area contributed by atoms with Gasteiger partial charge in [-0.2, -0.15) is 0 Å². The fraction of sp³-hybridized carbons (Fsp3) is 0.652. The molecule has 1 amide bonds. The zero-order valence-corrected chi connectivity index (χ0v) is 22.0. The molecule has 0 saturated carbocycles. The lowest BCUT2D eigenvalue weighted by Gasteiger charge is -2.30. The van der Waals surface area contributed by atoms with E-state index < -0.39 is 0 Å². The van der Waals surface area contributed by atoms with Crippen molar-refractivity contribution < 1.29 is 14.3 Å². The fourth-order valence-electron chi connectivity index (χ4n) is 3.78. The summed E-state index contributed by atoms with van der Waals surface area (Å²) in [7, 11) is 3.29. The molecule has 0 aliphatic carbocycles. The minimum atomic E-state index is -0.149. The second kappa shape index (κ2) is 16.0. The van der Waals surface area contributed by atoms with Crippen LogP contribution in [0.1, 0.15) is 38.2 Å². The summed E-state index contributed by atoms with van der Waals surface area (Å²) in [5, 5.41) is 6.71. The number of ether oxygens (including phenoxy) is 2. The highest BCUT2D eigenvalue weighted by Gasteiger charge is 2.22. The van der Waals surface area contributed by atoms with Crippen LogP contribution in [0.2, 0.25) is 0 Å². The monoisotopic (exact) mass is 561 g/mol. The van der Waals surface area contributed by atoms with Crippen molar-refractivity contribution in [1.82, 2.24) is 15.5 Å². The van der Waals surface area contributed by atoms with E-state index in [4.69, 9.17) is 20.2 Å². The highest BCUT2D eigenvalue weighted by atomic mass is 127. The third kappa shape index (κ3) is 9.81. The number of nitrogens with zero attached hydrogens (tertiary/aromatic N) is 2. The molecule has 1 heterocycles. The number of aliphatic imine (C=N–C) groups is 1. The van der Waals surface area contributed by atoms with E-state index in [2.05, 4.69) is 28.5 Å². The number of carbonyl (C=O) groups excluding carboxylic acids is 1. The number of rotatable bonds is 12. The number of hydrogen-bond acceptors (Lipinski definition) is 5. The maximum Gasteiger partial charge on any atom is 0.220 e. The molecule has 0 bridgehead atoms. The van der Waals surface area contributed by atoms with Crippen LogP contribution in [0.4, 0.5) is 0 Å². The number of guanidine groups is 1. The van der Waals surface area contributed by atoms with E-state index in [9.17, 15) is 4.79 Å². The third-order valence-electron chi connectivity index (χ3n) is 5.64. The highest BCUT2D eigenvalue weighted by Crippen LogP contribution is 2.27. The molecule has 1 aliphatic heterocycles. The minimum absolute atomic E-state index is 0. The lowest BCUT2D eigenvalue weighted by molar-refractivity contribution is -0.123. The molecule has 4 N–H and O–H groups in total. The van der Waals surface area contributed by atoms with E-state index in [1.807, 2.05) is 12.1 Å². The number of unbranched alkanes of at least 4 members (excludes halogenated alkanes) is 1. The van der Waals surface area contributed by atoms with Gasteiger partial charge in [0.2, 0.25) is 5.91 Å². The molecule has 1 aromatic carbocycles. The second-order valence-corrected chi connectivity index (χ2v) is 7.85. The number of methoxy groups -OCH3 is 2. The summed E-state index contributed by atoms with van der Waals surface area (Å²) in [6.45, 7) is 7.48. The lowest BCUT2D eigenvalue weighted by Crippen LogP contribution is -2.39. The van der Waals surface area contributed by atoms with Gasteiger partial charge in [-0.15, -0.1) is 24.0 Å². The topological polar surface area (TPSA) is 101 Å². The summed E-state index contributed by atoms with van der Waals surface area (Å²) in [5.74, 6) is 2.26. The number of nitrogens with two attached hydrogens (primary N) is 1. The molecular formula is C23H40IN5O3.